The van der Waals surface area contributed by atoms with Crippen LogP contribution in [0.5, 0.6) is 11.5 Å². The number of hydrogen-bond donors (Lipinski definition) is 2. The summed E-state index contributed by atoms with van der Waals surface area (Å²) in [7, 11) is 0. The van der Waals surface area contributed by atoms with E-state index < -0.39 is 0 Å². The number of nitrogens with one attached hydrogen (secondary N) is 2. The lowest BCUT2D eigenvalue weighted by Gasteiger charge is -2.16. The number of hydrogen-bond acceptors (Lipinski definition) is 4. The monoisotopic (exact) mass is 398 g/mol. The predicted molar refractivity (Wildman–Crippen MR) is 124 cm³/mol. The van der Waals surface area contributed by atoms with Crippen molar-refractivity contribution in [3.63, 3.8) is 0 Å². The Hall–Kier alpha value is -2.36. The van der Waals surface area contributed by atoms with Crippen LogP contribution in [0.2, 0.25) is 0 Å². The summed E-state index contributed by atoms with van der Waals surface area (Å²) >= 11 is 0. The van der Waals surface area contributed by atoms with Crippen LogP contribution in [0.15, 0.2) is 48.5 Å². The average Bonchev–Trinajstić information content (AvgIpc) is 2.73. The molecular formula is C25H38N2O2. The molecule has 4 heteroatoms. The van der Waals surface area contributed by atoms with Crippen LogP contribution in [0.25, 0.3) is 0 Å². The van der Waals surface area contributed by atoms with Gasteiger partial charge in [-0.15, -0.1) is 0 Å². The Bertz CT molecular complexity index is 611. The molecule has 0 saturated heterocycles. The third-order valence-electron chi connectivity index (χ3n) is 4.97. The zero-order chi connectivity index (χ0) is 20.9. The van der Waals surface area contributed by atoms with Crippen molar-refractivity contribution in [3.8, 4) is 11.5 Å². The number of ether oxygens (including phenoxy) is 2. The zero-order valence-corrected chi connectivity index (χ0v) is 18.5. The summed E-state index contributed by atoms with van der Waals surface area (Å²) in [4.78, 5) is 0. The van der Waals surface area contributed by atoms with Crippen LogP contribution in [0.3, 0.4) is 0 Å². The first-order valence-corrected chi connectivity index (χ1v) is 11.1. The summed E-state index contributed by atoms with van der Waals surface area (Å²) in [6.07, 6.45) is 7.35. The van der Waals surface area contributed by atoms with E-state index in [1.165, 1.54) is 38.5 Å². The molecule has 2 atom stereocenters. The second-order valence-corrected chi connectivity index (χ2v) is 7.83. The molecule has 4 nitrogen and oxygen atoms in total. The Morgan fingerprint density at radius 2 is 1.03 bits per heavy atom. The largest absolute Gasteiger partial charge is 0.458 e. The molecule has 0 radical (unpaired) electrons. The van der Waals surface area contributed by atoms with E-state index in [2.05, 4.69) is 62.6 Å². The van der Waals surface area contributed by atoms with Crippen molar-refractivity contribution in [2.24, 2.45) is 0 Å². The van der Waals surface area contributed by atoms with Crippen LogP contribution in [-0.2, 0) is 0 Å². The molecule has 0 aromatic heterocycles. The molecule has 0 aliphatic carbocycles. The van der Waals surface area contributed by atoms with E-state index >= 15 is 0 Å². The molecule has 29 heavy (non-hydrogen) atoms. The number of anilines is 2. The van der Waals surface area contributed by atoms with Crippen molar-refractivity contribution in [1.82, 2.24) is 0 Å². The summed E-state index contributed by atoms with van der Waals surface area (Å²) < 4.78 is 11.4. The van der Waals surface area contributed by atoms with Crippen molar-refractivity contribution in [2.45, 2.75) is 78.3 Å². The molecule has 2 rings (SSSR count). The van der Waals surface area contributed by atoms with E-state index in [-0.39, 0.29) is 6.79 Å². The number of unbranched alkanes of at least 4 members (excludes halogenated alkanes) is 2. The molecule has 0 fully saturated rings. The molecule has 0 heterocycles. The Labute approximate surface area is 177 Å². The Balaban J connectivity index is 1.71. The normalized spacial score (nSPS) is 12.8. The van der Waals surface area contributed by atoms with Crippen molar-refractivity contribution < 1.29 is 9.47 Å². The maximum absolute atomic E-state index is 5.71. The van der Waals surface area contributed by atoms with E-state index in [0.29, 0.717) is 12.1 Å². The van der Waals surface area contributed by atoms with Gasteiger partial charge >= 0.3 is 0 Å². The van der Waals surface area contributed by atoms with Gasteiger partial charge in [-0.05, 0) is 75.2 Å². The second-order valence-electron chi connectivity index (χ2n) is 7.83. The second kappa shape index (κ2) is 13.0. The SMILES string of the molecule is CCCCC(C)Nc1ccc(OCOc2ccc(NC(C)CCCC)cc2)cc1. The smallest absolute Gasteiger partial charge is 0.230 e. The lowest BCUT2D eigenvalue weighted by atomic mass is 10.1. The molecule has 0 aliphatic rings. The molecule has 0 saturated carbocycles. The van der Waals surface area contributed by atoms with Gasteiger partial charge in [0.15, 0.2) is 0 Å². The minimum atomic E-state index is 0.194. The molecule has 2 N–H and O–H groups in total. The van der Waals surface area contributed by atoms with E-state index in [1.54, 1.807) is 0 Å². The van der Waals surface area contributed by atoms with Crippen molar-refractivity contribution >= 4 is 11.4 Å². The maximum atomic E-state index is 5.71. The highest BCUT2D eigenvalue weighted by molar-refractivity contribution is 5.47. The molecule has 0 amide bonds. The Kier molecular flexibility index (Phi) is 10.3. The first-order valence-electron chi connectivity index (χ1n) is 11.1. The van der Waals surface area contributed by atoms with Gasteiger partial charge in [0.05, 0.1) is 0 Å². The van der Waals surface area contributed by atoms with Gasteiger partial charge in [0.25, 0.3) is 0 Å². The fourth-order valence-corrected chi connectivity index (χ4v) is 3.19. The van der Waals surface area contributed by atoms with E-state index in [1.807, 2.05) is 24.3 Å². The Morgan fingerprint density at radius 3 is 1.38 bits per heavy atom. The van der Waals surface area contributed by atoms with Gasteiger partial charge in [-0.25, -0.2) is 0 Å². The quantitative estimate of drug-likeness (QED) is 0.334. The molecule has 2 unspecified atom stereocenters. The topological polar surface area (TPSA) is 42.5 Å². The minimum absolute atomic E-state index is 0.194. The summed E-state index contributed by atoms with van der Waals surface area (Å²) in [6.45, 7) is 9.09. The third kappa shape index (κ3) is 9.12. The van der Waals surface area contributed by atoms with Crippen molar-refractivity contribution in [2.75, 3.05) is 17.4 Å². The molecule has 0 bridgehead atoms. The molecule has 160 valence electrons. The summed E-state index contributed by atoms with van der Waals surface area (Å²) in [5.41, 5.74) is 2.25. The van der Waals surface area contributed by atoms with Crippen LogP contribution in [0, 0.1) is 0 Å². The van der Waals surface area contributed by atoms with Crippen molar-refractivity contribution in [1.29, 1.82) is 0 Å². The number of rotatable bonds is 14. The Morgan fingerprint density at radius 1 is 0.655 bits per heavy atom. The van der Waals surface area contributed by atoms with Gasteiger partial charge in [0.2, 0.25) is 6.79 Å². The molecular weight excluding hydrogens is 360 g/mol. The molecule has 2 aromatic carbocycles. The fourth-order valence-electron chi connectivity index (χ4n) is 3.19. The maximum Gasteiger partial charge on any atom is 0.230 e. The zero-order valence-electron chi connectivity index (χ0n) is 18.5. The van der Waals surface area contributed by atoms with Crippen LogP contribution in [0.1, 0.15) is 66.2 Å². The summed E-state index contributed by atoms with van der Waals surface area (Å²) in [5, 5.41) is 7.05. The van der Waals surface area contributed by atoms with E-state index in [0.717, 1.165) is 22.9 Å². The van der Waals surface area contributed by atoms with Crippen LogP contribution in [-0.4, -0.2) is 18.9 Å². The lowest BCUT2D eigenvalue weighted by molar-refractivity contribution is 0.120. The van der Waals surface area contributed by atoms with Crippen LogP contribution < -0.4 is 20.1 Å². The highest BCUT2D eigenvalue weighted by atomic mass is 16.7. The van der Waals surface area contributed by atoms with Crippen LogP contribution in [0.4, 0.5) is 11.4 Å². The predicted octanol–water partition coefficient (Wildman–Crippen LogP) is 7.08. The summed E-state index contributed by atoms with van der Waals surface area (Å²) in [6, 6.07) is 17.1. The van der Waals surface area contributed by atoms with Gasteiger partial charge in [0.1, 0.15) is 11.5 Å². The standard InChI is InChI=1S/C25H38N2O2/c1-5-7-9-20(3)26-22-11-15-24(16-12-22)28-19-29-25-17-13-23(14-18-25)27-21(4)10-8-6-2/h11-18,20-21,26-27H,5-10,19H2,1-4H3. The van der Waals surface area contributed by atoms with Gasteiger partial charge in [-0.3, -0.25) is 0 Å². The minimum Gasteiger partial charge on any atom is -0.458 e. The number of benzene rings is 2. The summed E-state index contributed by atoms with van der Waals surface area (Å²) in [5.74, 6) is 1.61. The highest BCUT2D eigenvalue weighted by Crippen LogP contribution is 2.20. The lowest BCUT2D eigenvalue weighted by Crippen LogP contribution is -2.14. The van der Waals surface area contributed by atoms with Crippen LogP contribution >= 0.6 is 0 Å². The van der Waals surface area contributed by atoms with Gasteiger partial charge in [0, 0.05) is 23.5 Å². The highest BCUT2D eigenvalue weighted by Gasteiger charge is 2.03. The molecule has 0 spiro atoms. The molecule has 0 aliphatic heterocycles. The first kappa shape index (κ1) is 22.9. The first-order chi connectivity index (χ1) is 14.1. The fraction of sp³-hybridized carbons (Fsp3) is 0.520. The van der Waals surface area contributed by atoms with Gasteiger partial charge in [-0.2, -0.15) is 0 Å². The third-order valence-corrected chi connectivity index (χ3v) is 4.97. The van der Waals surface area contributed by atoms with E-state index in [4.69, 9.17) is 9.47 Å². The van der Waals surface area contributed by atoms with Crippen molar-refractivity contribution in [3.05, 3.63) is 48.5 Å². The van der Waals surface area contributed by atoms with Gasteiger partial charge < -0.3 is 20.1 Å². The van der Waals surface area contributed by atoms with E-state index in [9.17, 15) is 0 Å². The molecule has 2 aromatic rings. The average molecular weight is 399 g/mol. The van der Waals surface area contributed by atoms with Gasteiger partial charge in [-0.1, -0.05) is 39.5 Å².